The fourth-order valence-electron chi connectivity index (χ4n) is 1.30. The molecule has 0 spiro atoms. The van der Waals surface area contributed by atoms with Gasteiger partial charge in [0.1, 0.15) is 0 Å². The van der Waals surface area contributed by atoms with Gasteiger partial charge >= 0.3 is 0 Å². The van der Waals surface area contributed by atoms with Gasteiger partial charge in [0.15, 0.2) is 0 Å². The van der Waals surface area contributed by atoms with E-state index in [2.05, 4.69) is 0 Å². The van der Waals surface area contributed by atoms with Crippen molar-refractivity contribution in [1.29, 1.82) is 0 Å². The average Bonchev–Trinajstić information content (AvgIpc) is 2.20. The van der Waals surface area contributed by atoms with Gasteiger partial charge in [0, 0.05) is 11.6 Å². The fraction of sp³-hybridized carbons (Fsp3) is 0.333. The molecule has 0 radical (unpaired) electrons. The third-order valence-electron chi connectivity index (χ3n) is 2.48. The molecule has 16 heavy (non-hydrogen) atoms. The summed E-state index contributed by atoms with van der Waals surface area (Å²) in [5.41, 5.74) is 2.25. The Morgan fingerprint density at radius 3 is 2.69 bits per heavy atom. The predicted molar refractivity (Wildman–Crippen MR) is 63.2 cm³/mol. The average molecular weight is 221 g/mol. The van der Waals surface area contributed by atoms with Gasteiger partial charge < -0.3 is 5.11 Å². The van der Waals surface area contributed by atoms with Gasteiger partial charge in [0.25, 0.3) is 5.69 Å². The molecule has 4 heteroatoms. The third-order valence-corrected chi connectivity index (χ3v) is 2.48. The minimum Gasteiger partial charge on any atom is -0.389 e. The first-order chi connectivity index (χ1) is 7.41. The Hall–Kier alpha value is -1.68. The van der Waals surface area contributed by atoms with Gasteiger partial charge in [-0.2, -0.15) is 0 Å². The van der Waals surface area contributed by atoms with E-state index in [1.165, 1.54) is 6.07 Å². The summed E-state index contributed by atoms with van der Waals surface area (Å²) in [6, 6.07) is 5.02. The number of aliphatic hydroxyl groups excluding tert-OH is 1. The lowest BCUT2D eigenvalue weighted by Gasteiger charge is -2.04. The van der Waals surface area contributed by atoms with Gasteiger partial charge in [-0.05, 0) is 31.9 Å². The summed E-state index contributed by atoms with van der Waals surface area (Å²) < 4.78 is 0. The van der Waals surface area contributed by atoms with Crippen LogP contribution in [0.1, 0.15) is 25.0 Å². The summed E-state index contributed by atoms with van der Waals surface area (Å²) in [5.74, 6) is 0. The van der Waals surface area contributed by atoms with Crippen molar-refractivity contribution >= 4 is 11.8 Å². The number of nitro groups is 1. The summed E-state index contributed by atoms with van der Waals surface area (Å²) >= 11 is 0. The van der Waals surface area contributed by atoms with Crippen molar-refractivity contribution in [3.8, 4) is 0 Å². The van der Waals surface area contributed by atoms with Gasteiger partial charge in [0.05, 0.1) is 11.0 Å². The van der Waals surface area contributed by atoms with E-state index in [1.807, 2.05) is 0 Å². The zero-order valence-electron chi connectivity index (χ0n) is 9.60. The smallest absolute Gasteiger partial charge is 0.272 e. The highest BCUT2D eigenvalue weighted by Gasteiger charge is 2.10. The molecule has 0 fully saturated rings. The Balaban J connectivity index is 3.13. The van der Waals surface area contributed by atoms with Crippen LogP contribution in [0.3, 0.4) is 0 Å². The number of nitrogens with zero attached hydrogens (tertiary/aromatic N) is 1. The zero-order chi connectivity index (χ0) is 12.3. The first-order valence-electron chi connectivity index (χ1n) is 5.03. The van der Waals surface area contributed by atoms with E-state index in [9.17, 15) is 15.2 Å². The molecule has 0 saturated carbocycles. The van der Waals surface area contributed by atoms with Gasteiger partial charge in [-0.3, -0.25) is 10.1 Å². The molecule has 1 N–H and O–H groups in total. The maximum Gasteiger partial charge on any atom is 0.272 e. The molecule has 0 aliphatic carbocycles. The van der Waals surface area contributed by atoms with E-state index in [-0.39, 0.29) is 5.69 Å². The van der Waals surface area contributed by atoms with Crippen molar-refractivity contribution in [2.75, 3.05) is 0 Å². The molecule has 0 heterocycles. The van der Waals surface area contributed by atoms with E-state index in [0.717, 1.165) is 11.1 Å². The molecule has 86 valence electrons. The van der Waals surface area contributed by atoms with Crippen LogP contribution in [0.15, 0.2) is 23.8 Å². The summed E-state index contributed by atoms with van der Waals surface area (Å²) in [6.07, 6.45) is 1.21. The Bertz CT molecular complexity index is 436. The standard InChI is InChI=1S/C12H15NO3/c1-8-4-5-11(6-9(2)10(3)14)7-12(8)13(15)16/h4-7,10,14H,1-3H3/b9-6+. The van der Waals surface area contributed by atoms with Gasteiger partial charge in [0.2, 0.25) is 0 Å². The van der Waals surface area contributed by atoms with E-state index in [1.54, 1.807) is 39.0 Å². The van der Waals surface area contributed by atoms with E-state index in [0.29, 0.717) is 5.56 Å². The largest absolute Gasteiger partial charge is 0.389 e. The molecular weight excluding hydrogens is 206 g/mol. The third kappa shape index (κ3) is 2.90. The summed E-state index contributed by atoms with van der Waals surface area (Å²) in [4.78, 5) is 10.3. The first-order valence-corrected chi connectivity index (χ1v) is 5.03. The van der Waals surface area contributed by atoms with E-state index < -0.39 is 11.0 Å². The van der Waals surface area contributed by atoms with Crippen LogP contribution in [-0.4, -0.2) is 16.1 Å². The number of rotatable bonds is 3. The lowest BCUT2D eigenvalue weighted by molar-refractivity contribution is -0.385. The Labute approximate surface area is 94.4 Å². The molecule has 4 nitrogen and oxygen atoms in total. The number of aryl methyl sites for hydroxylation is 1. The normalized spacial score (nSPS) is 13.6. The minimum atomic E-state index is -0.541. The predicted octanol–water partition coefficient (Wildman–Crippen LogP) is 2.69. The highest BCUT2D eigenvalue weighted by molar-refractivity contribution is 5.58. The van der Waals surface area contributed by atoms with Gasteiger partial charge in [-0.1, -0.05) is 18.2 Å². The fourth-order valence-corrected chi connectivity index (χ4v) is 1.30. The quantitative estimate of drug-likeness (QED) is 0.630. The maximum atomic E-state index is 10.7. The van der Waals surface area contributed by atoms with Crippen LogP contribution in [0.5, 0.6) is 0 Å². The van der Waals surface area contributed by atoms with Crippen LogP contribution >= 0.6 is 0 Å². The van der Waals surface area contributed by atoms with Crippen LogP contribution in [0, 0.1) is 17.0 Å². The molecule has 0 amide bonds. The second-order valence-electron chi connectivity index (χ2n) is 3.87. The van der Waals surface area contributed by atoms with E-state index >= 15 is 0 Å². The van der Waals surface area contributed by atoms with Gasteiger partial charge in [-0.25, -0.2) is 0 Å². The molecule has 0 aliphatic heterocycles. The lowest BCUT2D eigenvalue weighted by atomic mass is 10.1. The number of benzene rings is 1. The van der Waals surface area contributed by atoms with Crippen molar-refractivity contribution in [1.82, 2.24) is 0 Å². The topological polar surface area (TPSA) is 63.4 Å². The molecule has 0 aliphatic rings. The number of aliphatic hydroxyl groups is 1. The highest BCUT2D eigenvalue weighted by Crippen LogP contribution is 2.21. The second kappa shape index (κ2) is 4.90. The molecule has 0 bridgehead atoms. The molecule has 1 unspecified atom stereocenters. The highest BCUT2D eigenvalue weighted by atomic mass is 16.6. The molecule has 1 aromatic rings. The summed E-state index contributed by atoms with van der Waals surface area (Å²) in [6.45, 7) is 5.15. The second-order valence-corrected chi connectivity index (χ2v) is 3.87. The Morgan fingerprint density at radius 1 is 1.56 bits per heavy atom. The monoisotopic (exact) mass is 221 g/mol. The Morgan fingerprint density at radius 2 is 2.19 bits per heavy atom. The van der Waals surface area contributed by atoms with Crippen molar-refractivity contribution in [3.63, 3.8) is 0 Å². The van der Waals surface area contributed by atoms with Crippen molar-refractivity contribution in [2.24, 2.45) is 0 Å². The molecule has 0 saturated heterocycles. The number of nitro benzene ring substituents is 1. The van der Waals surface area contributed by atoms with Crippen LogP contribution in [0.25, 0.3) is 6.08 Å². The van der Waals surface area contributed by atoms with Crippen molar-refractivity contribution in [3.05, 3.63) is 45.0 Å². The zero-order valence-corrected chi connectivity index (χ0v) is 9.60. The molecule has 1 rings (SSSR count). The van der Waals surface area contributed by atoms with Crippen molar-refractivity contribution in [2.45, 2.75) is 26.9 Å². The maximum absolute atomic E-state index is 10.7. The minimum absolute atomic E-state index is 0.104. The van der Waals surface area contributed by atoms with E-state index in [4.69, 9.17) is 0 Å². The first kappa shape index (κ1) is 12.4. The van der Waals surface area contributed by atoms with Crippen LogP contribution in [0.4, 0.5) is 5.69 Å². The molecule has 1 aromatic carbocycles. The SMILES string of the molecule is C/C(=C\c1ccc(C)c([N+](=O)[O-])c1)C(C)O. The molecular formula is C12H15NO3. The molecule has 1 atom stereocenters. The summed E-state index contributed by atoms with van der Waals surface area (Å²) in [7, 11) is 0. The summed E-state index contributed by atoms with van der Waals surface area (Å²) in [5, 5.41) is 20.0. The molecule has 0 aromatic heterocycles. The van der Waals surface area contributed by atoms with Crippen LogP contribution in [-0.2, 0) is 0 Å². The van der Waals surface area contributed by atoms with Crippen molar-refractivity contribution < 1.29 is 10.0 Å². The van der Waals surface area contributed by atoms with Crippen LogP contribution < -0.4 is 0 Å². The van der Waals surface area contributed by atoms with Gasteiger partial charge in [-0.15, -0.1) is 0 Å². The Kier molecular flexibility index (Phi) is 3.79. The lowest BCUT2D eigenvalue weighted by Crippen LogP contribution is -2.00. The van der Waals surface area contributed by atoms with Crippen LogP contribution in [0.2, 0.25) is 0 Å². The number of hydrogen-bond acceptors (Lipinski definition) is 3. The number of hydrogen-bond donors (Lipinski definition) is 1.